The van der Waals surface area contributed by atoms with Crippen LogP contribution >= 0.6 is 23.2 Å². The monoisotopic (exact) mass is 551 g/mol. The number of imidazole rings is 1. The Hall–Kier alpha value is -4.55. The maximum Gasteiger partial charge on any atom is 0.290 e. The van der Waals surface area contributed by atoms with E-state index in [2.05, 4.69) is 30.5 Å². The van der Waals surface area contributed by atoms with Crippen LogP contribution < -0.4 is 11.3 Å². The Bertz CT molecular complexity index is 1660. The van der Waals surface area contributed by atoms with Gasteiger partial charge in [0.15, 0.2) is 5.15 Å². The second-order valence-corrected chi connectivity index (χ2v) is 9.07. The molecule has 1 atom stereocenters. The third-order valence-corrected chi connectivity index (χ3v) is 6.58. The van der Waals surface area contributed by atoms with Crippen molar-refractivity contribution < 1.29 is 9.90 Å². The number of H-pyrrole nitrogens is 1. The van der Waals surface area contributed by atoms with E-state index in [1.54, 1.807) is 35.0 Å². The molecular weight excluding hydrogens is 533 g/mol. The van der Waals surface area contributed by atoms with Gasteiger partial charge in [-0.1, -0.05) is 23.2 Å². The number of carbonyl (C=O) groups is 1. The fraction of sp³-hybridized carbons (Fsp3) is 0.125. The predicted molar refractivity (Wildman–Crippen MR) is 140 cm³/mol. The summed E-state index contributed by atoms with van der Waals surface area (Å²) in [6.45, 7) is -0.250. The first-order valence-corrected chi connectivity index (χ1v) is 12.0. The van der Waals surface area contributed by atoms with Gasteiger partial charge in [-0.25, -0.2) is 9.97 Å². The Labute approximate surface area is 224 Å². The van der Waals surface area contributed by atoms with Gasteiger partial charge in [-0.3, -0.25) is 9.59 Å². The number of fused-ring (bicyclic) bond motifs is 1. The molecule has 0 unspecified atom stereocenters. The minimum absolute atomic E-state index is 0.147. The standard InChI is InChI=1S/C23H17Cl2N9O.CH2O2/c24-14-2-4-17(33-11-28-31-32-33)16(9-14)13-7-15-3-5-18(34(15)20(35)8-13)23-29-21(22(25)30-23)12-1-6-19(26)27-10-12;2-1-3/h1-2,4,6-11,18H,3,5H2,(H2,26,27)(H,29,30);1H,(H,2,3)/t18-;/m1./s1. The normalized spacial score (nSPS) is 14.0. The molecule has 1 aliphatic rings. The average Bonchev–Trinajstić information content (AvgIpc) is 3.65. The van der Waals surface area contributed by atoms with Crippen LogP contribution in [0.2, 0.25) is 10.2 Å². The summed E-state index contributed by atoms with van der Waals surface area (Å²) in [4.78, 5) is 33.6. The van der Waals surface area contributed by atoms with E-state index in [-0.39, 0.29) is 18.1 Å². The molecule has 6 rings (SSSR count). The average molecular weight is 552 g/mol. The van der Waals surface area contributed by atoms with E-state index in [1.807, 2.05) is 18.2 Å². The van der Waals surface area contributed by atoms with Crippen molar-refractivity contribution in [2.45, 2.75) is 18.9 Å². The molecule has 4 N–H and O–H groups in total. The van der Waals surface area contributed by atoms with Crippen LogP contribution in [0.1, 0.15) is 24.0 Å². The van der Waals surface area contributed by atoms with Crippen molar-refractivity contribution in [1.82, 2.24) is 39.7 Å². The van der Waals surface area contributed by atoms with Crippen LogP contribution in [0.5, 0.6) is 0 Å². The second-order valence-electron chi connectivity index (χ2n) is 8.28. The number of anilines is 1. The number of aryl methyl sites for hydroxylation is 1. The summed E-state index contributed by atoms with van der Waals surface area (Å²) in [7, 11) is 0. The molecule has 0 saturated carbocycles. The van der Waals surface area contributed by atoms with E-state index in [0.29, 0.717) is 40.4 Å². The Kier molecular flexibility index (Phi) is 6.90. The van der Waals surface area contributed by atoms with E-state index >= 15 is 0 Å². The smallest absolute Gasteiger partial charge is 0.290 e. The molecule has 192 valence electrons. The number of hydrogen-bond donors (Lipinski definition) is 3. The van der Waals surface area contributed by atoms with Crippen molar-refractivity contribution in [1.29, 1.82) is 0 Å². The van der Waals surface area contributed by atoms with Crippen LogP contribution in [0.3, 0.4) is 0 Å². The number of benzene rings is 1. The molecule has 0 radical (unpaired) electrons. The zero-order chi connectivity index (χ0) is 26.8. The minimum atomic E-state index is -0.266. The van der Waals surface area contributed by atoms with Gasteiger partial charge < -0.3 is 20.4 Å². The number of nitrogens with two attached hydrogens (primary N) is 1. The van der Waals surface area contributed by atoms with E-state index in [9.17, 15) is 4.79 Å². The van der Waals surface area contributed by atoms with Crippen LogP contribution in [0.15, 0.2) is 59.8 Å². The zero-order valence-corrected chi connectivity index (χ0v) is 21.0. The van der Waals surface area contributed by atoms with Crippen molar-refractivity contribution in [2.24, 2.45) is 0 Å². The highest BCUT2D eigenvalue weighted by atomic mass is 35.5. The number of nitrogen functional groups attached to an aromatic ring is 1. The molecule has 5 heterocycles. The van der Waals surface area contributed by atoms with Crippen molar-refractivity contribution >= 4 is 35.5 Å². The van der Waals surface area contributed by atoms with Gasteiger partial charge in [0, 0.05) is 34.1 Å². The Morgan fingerprint density at radius 3 is 2.66 bits per heavy atom. The molecule has 0 saturated heterocycles. The first-order chi connectivity index (χ1) is 18.4. The number of aromatic nitrogens is 8. The lowest BCUT2D eigenvalue weighted by Crippen LogP contribution is -2.24. The van der Waals surface area contributed by atoms with Gasteiger partial charge in [-0.2, -0.15) is 4.68 Å². The fourth-order valence-corrected chi connectivity index (χ4v) is 4.91. The highest BCUT2D eigenvalue weighted by molar-refractivity contribution is 6.32. The van der Waals surface area contributed by atoms with Gasteiger partial charge in [-0.05, 0) is 65.2 Å². The molecule has 5 aromatic rings. The van der Waals surface area contributed by atoms with Crippen LogP contribution in [-0.4, -0.2) is 51.3 Å². The lowest BCUT2D eigenvalue weighted by Gasteiger charge is -2.15. The number of aromatic amines is 1. The molecule has 12 nitrogen and oxygen atoms in total. The van der Waals surface area contributed by atoms with Gasteiger partial charge in [0.1, 0.15) is 18.0 Å². The molecule has 38 heavy (non-hydrogen) atoms. The van der Waals surface area contributed by atoms with Gasteiger partial charge in [0.2, 0.25) is 0 Å². The molecule has 1 aromatic carbocycles. The predicted octanol–water partition coefficient (Wildman–Crippen LogP) is 3.40. The molecule has 0 spiro atoms. The van der Waals surface area contributed by atoms with E-state index in [4.69, 9.17) is 38.8 Å². The highest BCUT2D eigenvalue weighted by Gasteiger charge is 2.29. The number of carboxylic acid groups (broad SMARTS) is 1. The third kappa shape index (κ3) is 4.74. The number of hydrogen-bond acceptors (Lipinski definition) is 8. The quantitative estimate of drug-likeness (QED) is 0.283. The molecule has 14 heteroatoms. The first-order valence-electron chi connectivity index (χ1n) is 11.2. The highest BCUT2D eigenvalue weighted by Crippen LogP contribution is 2.35. The number of pyridine rings is 2. The maximum atomic E-state index is 13.4. The number of nitrogens with one attached hydrogen (secondary N) is 1. The largest absolute Gasteiger partial charge is 0.483 e. The van der Waals surface area contributed by atoms with Crippen LogP contribution in [0.25, 0.3) is 28.1 Å². The first kappa shape index (κ1) is 25.1. The van der Waals surface area contributed by atoms with E-state index in [1.165, 1.54) is 11.0 Å². The van der Waals surface area contributed by atoms with Gasteiger partial charge in [0.05, 0.1) is 17.4 Å². The number of rotatable bonds is 4. The molecule has 0 bridgehead atoms. The number of tetrazole rings is 1. The Morgan fingerprint density at radius 2 is 1.95 bits per heavy atom. The fourth-order valence-electron chi connectivity index (χ4n) is 4.49. The van der Waals surface area contributed by atoms with Crippen molar-refractivity contribution in [3.05, 3.63) is 87.0 Å². The molecule has 0 aliphatic carbocycles. The van der Waals surface area contributed by atoms with Gasteiger partial charge in [0.25, 0.3) is 12.0 Å². The summed E-state index contributed by atoms with van der Waals surface area (Å²) < 4.78 is 3.29. The Morgan fingerprint density at radius 1 is 1.13 bits per heavy atom. The topological polar surface area (TPSA) is 170 Å². The number of nitrogens with zero attached hydrogens (tertiary/aromatic N) is 7. The van der Waals surface area contributed by atoms with Crippen molar-refractivity contribution in [2.75, 3.05) is 5.73 Å². The molecule has 0 amide bonds. The van der Waals surface area contributed by atoms with E-state index < -0.39 is 0 Å². The van der Waals surface area contributed by atoms with Crippen LogP contribution in [0, 0.1) is 0 Å². The molecule has 4 aromatic heterocycles. The summed E-state index contributed by atoms with van der Waals surface area (Å²) in [5, 5.41) is 19.2. The summed E-state index contributed by atoms with van der Waals surface area (Å²) in [5.74, 6) is 1.03. The Balaban J connectivity index is 0.000000937. The van der Waals surface area contributed by atoms with Crippen LogP contribution in [0.4, 0.5) is 5.82 Å². The van der Waals surface area contributed by atoms with Crippen molar-refractivity contribution in [3.8, 4) is 28.1 Å². The molecule has 0 fully saturated rings. The zero-order valence-electron chi connectivity index (χ0n) is 19.5. The summed E-state index contributed by atoms with van der Waals surface area (Å²) in [5.41, 5.74) is 10.0. The maximum absolute atomic E-state index is 13.4. The SMILES string of the molecule is Nc1ccc(-c2[nH]c([C@H]3CCc4cc(-c5cc(Cl)ccc5-n5cnnn5)cc(=O)n43)nc2Cl)cn1.O=CO. The molecular formula is C24H19Cl2N9O3. The van der Waals surface area contributed by atoms with Gasteiger partial charge >= 0.3 is 0 Å². The number of halogens is 2. The minimum Gasteiger partial charge on any atom is -0.483 e. The van der Waals surface area contributed by atoms with E-state index in [0.717, 1.165) is 28.1 Å². The summed E-state index contributed by atoms with van der Waals surface area (Å²) in [6, 6.07) is 12.2. The summed E-state index contributed by atoms with van der Waals surface area (Å²) in [6.07, 6.45) is 4.54. The van der Waals surface area contributed by atoms with Crippen LogP contribution in [-0.2, 0) is 11.2 Å². The third-order valence-electron chi connectivity index (χ3n) is 6.07. The van der Waals surface area contributed by atoms with Gasteiger partial charge in [-0.15, -0.1) is 5.10 Å². The summed E-state index contributed by atoms with van der Waals surface area (Å²) >= 11 is 12.7. The molecule has 1 aliphatic heterocycles. The van der Waals surface area contributed by atoms with Crippen molar-refractivity contribution in [3.63, 3.8) is 0 Å². The lowest BCUT2D eigenvalue weighted by atomic mass is 10.0. The lowest BCUT2D eigenvalue weighted by molar-refractivity contribution is -0.122. The second kappa shape index (κ2) is 10.4.